The van der Waals surface area contributed by atoms with Gasteiger partial charge >= 0.3 is 0 Å². The Balaban J connectivity index is 1.40. The van der Waals surface area contributed by atoms with Crippen molar-refractivity contribution in [2.75, 3.05) is 43.9 Å². The topological polar surface area (TPSA) is 82.5 Å². The van der Waals surface area contributed by atoms with E-state index in [-0.39, 0.29) is 17.7 Å². The maximum atomic E-state index is 13.6. The molecule has 1 aromatic heterocycles. The monoisotopic (exact) mass is 542 g/mol. The summed E-state index contributed by atoms with van der Waals surface area (Å²) in [4.78, 5) is 36.4. The molecule has 2 aliphatic heterocycles. The fourth-order valence-electron chi connectivity index (χ4n) is 6.65. The van der Waals surface area contributed by atoms with Crippen molar-refractivity contribution in [2.45, 2.75) is 70.9 Å². The molecule has 3 heterocycles. The van der Waals surface area contributed by atoms with E-state index < -0.39 is 6.04 Å². The highest BCUT2D eigenvalue weighted by atomic mass is 16.2. The maximum absolute atomic E-state index is 13.6. The van der Waals surface area contributed by atoms with Crippen molar-refractivity contribution in [1.29, 1.82) is 0 Å². The average molecular weight is 543 g/mol. The molecule has 2 fully saturated rings. The lowest BCUT2D eigenvalue weighted by molar-refractivity contribution is -0.120. The molecule has 2 N–H and O–H groups in total. The van der Waals surface area contributed by atoms with Crippen molar-refractivity contribution in [2.24, 2.45) is 5.92 Å². The van der Waals surface area contributed by atoms with Gasteiger partial charge < -0.3 is 25.0 Å². The Bertz CT molecular complexity index is 1400. The SMILES string of the molecule is CC(C)[C@@H]1C(=O)Nc2ccc(NC3CCCCCC3)cc2-c2nc3cc(C(=O)N4CCCN(C)CC4)ccc3n21. The van der Waals surface area contributed by atoms with Gasteiger partial charge in [-0.2, -0.15) is 0 Å². The number of rotatable bonds is 4. The molecule has 1 aliphatic carbocycles. The Hall–Kier alpha value is -3.39. The summed E-state index contributed by atoms with van der Waals surface area (Å²) in [7, 11) is 2.11. The zero-order valence-corrected chi connectivity index (χ0v) is 24.1. The zero-order valence-electron chi connectivity index (χ0n) is 24.1. The summed E-state index contributed by atoms with van der Waals surface area (Å²) in [6, 6.07) is 12.1. The average Bonchev–Trinajstić information content (AvgIpc) is 3.13. The van der Waals surface area contributed by atoms with Gasteiger partial charge in [0, 0.05) is 42.5 Å². The molecule has 2 amide bonds. The Morgan fingerprint density at radius 1 is 0.975 bits per heavy atom. The molecule has 1 saturated heterocycles. The molecule has 8 heteroatoms. The first kappa shape index (κ1) is 26.8. The number of anilines is 2. The first-order valence-corrected chi connectivity index (χ1v) is 15.1. The van der Waals surface area contributed by atoms with Crippen LogP contribution in [0.4, 0.5) is 11.4 Å². The second kappa shape index (κ2) is 11.2. The molecule has 0 spiro atoms. The van der Waals surface area contributed by atoms with Gasteiger partial charge in [0.15, 0.2) is 0 Å². The number of aromatic nitrogens is 2. The van der Waals surface area contributed by atoms with Crippen LogP contribution in [0.1, 0.15) is 75.2 Å². The first-order chi connectivity index (χ1) is 19.4. The normalized spacial score (nSPS) is 20.9. The van der Waals surface area contributed by atoms with Crippen LogP contribution in [-0.2, 0) is 4.79 Å². The van der Waals surface area contributed by atoms with Crippen molar-refractivity contribution < 1.29 is 9.59 Å². The molecular formula is C32H42N6O2. The summed E-state index contributed by atoms with van der Waals surface area (Å²) in [5.41, 5.74) is 5.03. The highest BCUT2D eigenvalue weighted by molar-refractivity contribution is 6.03. The molecule has 3 aromatic rings. The highest BCUT2D eigenvalue weighted by Crippen LogP contribution is 2.40. The van der Waals surface area contributed by atoms with E-state index in [1.807, 2.05) is 29.2 Å². The van der Waals surface area contributed by atoms with Crippen LogP contribution in [0.2, 0.25) is 0 Å². The zero-order chi connectivity index (χ0) is 27.8. The summed E-state index contributed by atoms with van der Waals surface area (Å²) in [6.07, 6.45) is 8.50. The van der Waals surface area contributed by atoms with Crippen LogP contribution in [0.15, 0.2) is 36.4 Å². The summed E-state index contributed by atoms with van der Waals surface area (Å²) >= 11 is 0. The number of benzene rings is 2. The molecule has 3 aliphatic rings. The molecule has 8 nitrogen and oxygen atoms in total. The van der Waals surface area contributed by atoms with Crippen molar-refractivity contribution in [3.63, 3.8) is 0 Å². The summed E-state index contributed by atoms with van der Waals surface area (Å²) in [5, 5.41) is 6.95. The lowest BCUT2D eigenvalue weighted by Gasteiger charge is -2.22. The van der Waals surface area contributed by atoms with Gasteiger partial charge in [0.2, 0.25) is 5.91 Å². The number of hydrogen-bond acceptors (Lipinski definition) is 5. The second-order valence-electron chi connectivity index (χ2n) is 12.2. The van der Waals surface area contributed by atoms with Gasteiger partial charge in [-0.15, -0.1) is 0 Å². The number of amides is 2. The van der Waals surface area contributed by atoms with Crippen LogP contribution < -0.4 is 10.6 Å². The number of hydrogen-bond donors (Lipinski definition) is 2. The van der Waals surface area contributed by atoms with E-state index in [1.165, 1.54) is 38.5 Å². The minimum atomic E-state index is -0.409. The molecule has 40 heavy (non-hydrogen) atoms. The molecule has 0 bridgehead atoms. The van der Waals surface area contributed by atoms with E-state index in [2.05, 4.69) is 53.1 Å². The third kappa shape index (κ3) is 5.21. The van der Waals surface area contributed by atoms with Crippen molar-refractivity contribution in [3.8, 4) is 11.4 Å². The van der Waals surface area contributed by atoms with Crippen LogP contribution in [-0.4, -0.2) is 70.4 Å². The van der Waals surface area contributed by atoms with Gasteiger partial charge in [-0.3, -0.25) is 9.59 Å². The van der Waals surface area contributed by atoms with Crippen molar-refractivity contribution >= 4 is 34.2 Å². The summed E-state index contributed by atoms with van der Waals surface area (Å²) < 4.78 is 2.09. The van der Waals surface area contributed by atoms with E-state index in [0.29, 0.717) is 11.6 Å². The van der Waals surface area contributed by atoms with Gasteiger partial charge in [-0.25, -0.2) is 4.98 Å². The summed E-state index contributed by atoms with van der Waals surface area (Å²) in [5.74, 6) is 0.846. The Labute approximate surface area is 237 Å². The van der Waals surface area contributed by atoms with E-state index >= 15 is 0 Å². The van der Waals surface area contributed by atoms with Gasteiger partial charge in [0.1, 0.15) is 11.9 Å². The number of carbonyl (C=O) groups excluding carboxylic acids is 2. The quantitative estimate of drug-likeness (QED) is 0.410. The maximum Gasteiger partial charge on any atom is 0.253 e. The molecule has 0 unspecified atom stereocenters. The fourth-order valence-corrected chi connectivity index (χ4v) is 6.65. The third-order valence-electron chi connectivity index (χ3n) is 8.87. The smallest absolute Gasteiger partial charge is 0.253 e. The van der Waals surface area contributed by atoms with E-state index in [1.54, 1.807) is 0 Å². The molecule has 0 radical (unpaired) electrons. The van der Waals surface area contributed by atoms with Crippen LogP contribution in [0.5, 0.6) is 0 Å². The number of nitrogens with one attached hydrogen (secondary N) is 2. The highest BCUT2D eigenvalue weighted by Gasteiger charge is 2.34. The molecule has 212 valence electrons. The number of carbonyl (C=O) groups is 2. The predicted octanol–water partition coefficient (Wildman–Crippen LogP) is 5.76. The lowest BCUT2D eigenvalue weighted by atomic mass is 10.0. The summed E-state index contributed by atoms with van der Waals surface area (Å²) in [6.45, 7) is 7.53. The fraction of sp³-hybridized carbons (Fsp3) is 0.531. The van der Waals surface area contributed by atoms with Crippen LogP contribution in [0, 0.1) is 5.92 Å². The van der Waals surface area contributed by atoms with Gasteiger partial charge in [0.25, 0.3) is 5.91 Å². The molecule has 2 aromatic carbocycles. The number of fused-ring (bicyclic) bond motifs is 5. The number of likely N-dealkylation sites (N-methyl/N-ethyl adjacent to an activating group) is 1. The molecular weight excluding hydrogens is 500 g/mol. The lowest BCUT2D eigenvalue weighted by Crippen LogP contribution is -2.34. The van der Waals surface area contributed by atoms with E-state index in [0.717, 1.165) is 66.4 Å². The van der Waals surface area contributed by atoms with Gasteiger partial charge in [-0.05, 0) is 75.2 Å². The molecule has 6 rings (SSSR count). The standard InChI is InChI=1S/C32H42N6O2/c1-21(2)29-31(39)35-26-13-12-24(33-23-9-6-4-5-7-10-23)20-25(26)30-34-27-19-22(11-14-28(27)38(29)30)32(40)37-16-8-15-36(3)17-18-37/h11-14,19-21,23,29,33H,4-10,15-18H2,1-3H3,(H,35,39)/t29-/m1/s1. The van der Waals surface area contributed by atoms with Crippen molar-refractivity contribution in [1.82, 2.24) is 19.4 Å². The van der Waals surface area contributed by atoms with Crippen LogP contribution in [0.3, 0.4) is 0 Å². The van der Waals surface area contributed by atoms with Crippen LogP contribution in [0.25, 0.3) is 22.4 Å². The predicted molar refractivity (Wildman–Crippen MR) is 161 cm³/mol. The van der Waals surface area contributed by atoms with E-state index in [9.17, 15) is 9.59 Å². The third-order valence-corrected chi connectivity index (χ3v) is 8.87. The van der Waals surface area contributed by atoms with E-state index in [4.69, 9.17) is 4.98 Å². The minimum Gasteiger partial charge on any atom is -0.382 e. The largest absolute Gasteiger partial charge is 0.382 e. The first-order valence-electron chi connectivity index (χ1n) is 15.1. The van der Waals surface area contributed by atoms with Crippen LogP contribution >= 0.6 is 0 Å². The van der Waals surface area contributed by atoms with Crippen molar-refractivity contribution in [3.05, 3.63) is 42.0 Å². The Kier molecular flexibility index (Phi) is 7.53. The number of nitrogens with zero attached hydrogens (tertiary/aromatic N) is 4. The van der Waals surface area contributed by atoms with Gasteiger partial charge in [0.05, 0.1) is 16.7 Å². The Morgan fingerprint density at radius 2 is 1.77 bits per heavy atom. The minimum absolute atomic E-state index is 0.0346. The number of imidazole rings is 1. The second-order valence-corrected chi connectivity index (χ2v) is 12.2. The van der Waals surface area contributed by atoms with Gasteiger partial charge in [-0.1, -0.05) is 39.5 Å². The Morgan fingerprint density at radius 3 is 2.55 bits per heavy atom. The molecule has 1 atom stereocenters. The molecule has 1 saturated carbocycles.